The number of alkyl halides is 3. The lowest BCUT2D eigenvalue weighted by Crippen LogP contribution is -2.50. The molecule has 1 saturated heterocycles. The highest BCUT2D eigenvalue weighted by Gasteiger charge is 2.47. The number of hydrogen-bond acceptors (Lipinski definition) is 3. The Hall–Kier alpha value is -0.330. The maximum absolute atomic E-state index is 12.4. The van der Waals surface area contributed by atoms with E-state index in [0.29, 0.717) is 13.1 Å². The van der Waals surface area contributed by atoms with Crippen molar-refractivity contribution < 1.29 is 23.0 Å². The minimum Gasteiger partial charge on any atom is -0.396 e. The van der Waals surface area contributed by atoms with E-state index < -0.39 is 12.3 Å². The SMILES string of the molecule is OCC1(CN2CCOC(C(F)(F)F)C2)CC1. The highest BCUT2D eigenvalue weighted by atomic mass is 19.4. The molecule has 0 aromatic heterocycles. The molecule has 0 aromatic rings. The number of rotatable bonds is 3. The maximum Gasteiger partial charge on any atom is 0.415 e. The maximum atomic E-state index is 12.4. The van der Waals surface area contributed by atoms with Gasteiger partial charge in [-0.05, 0) is 12.8 Å². The first-order chi connectivity index (χ1) is 7.45. The summed E-state index contributed by atoms with van der Waals surface area (Å²) in [6.45, 7) is 1.16. The van der Waals surface area contributed by atoms with Gasteiger partial charge in [-0.25, -0.2) is 0 Å². The molecule has 0 bridgehead atoms. The predicted molar refractivity (Wildman–Crippen MR) is 51.0 cm³/mol. The van der Waals surface area contributed by atoms with Crippen LogP contribution >= 0.6 is 0 Å². The van der Waals surface area contributed by atoms with Crippen molar-refractivity contribution in [2.24, 2.45) is 5.41 Å². The lowest BCUT2D eigenvalue weighted by molar-refractivity contribution is -0.238. The fourth-order valence-corrected chi connectivity index (χ4v) is 2.06. The number of halogens is 3. The van der Waals surface area contributed by atoms with Crippen LogP contribution in [0.4, 0.5) is 13.2 Å². The van der Waals surface area contributed by atoms with E-state index in [2.05, 4.69) is 0 Å². The second-order valence-corrected chi connectivity index (χ2v) is 4.79. The minimum atomic E-state index is -4.28. The van der Waals surface area contributed by atoms with Crippen LogP contribution in [-0.4, -0.2) is 55.1 Å². The van der Waals surface area contributed by atoms with Gasteiger partial charge in [0, 0.05) is 31.7 Å². The van der Waals surface area contributed by atoms with Crippen LogP contribution < -0.4 is 0 Å². The van der Waals surface area contributed by atoms with E-state index in [9.17, 15) is 13.2 Å². The average molecular weight is 239 g/mol. The Morgan fingerprint density at radius 1 is 1.38 bits per heavy atom. The van der Waals surface area contributed by atoms with E-state index >= 15 is 0 Å². The van der Waals surface area contributed by atoms with Crippen molar-refractivity contribution in [1.82, 2.24) is 4.90 Å². The second kappa shape index (κ2) is 4.16. The first kappa shape index (κ1) is 12.1. The van der Waals surface area contributed by atoms with Gasteiger partial charge in [-0.2, -0.15) is 13.2 Å². The number of aliphatic hydroxyl groups is 1. The minimum absolute atomic E-state index is 0.0705. The topological polar surface area (TPSA) is 32.7 Å². The highest BCUT2D eigenvalue weighted by Crippen LogP contribution is 2.46. The van der Waals surface area contributed by atoms with Crippen molar-refractivity contribution in [3.63, 3.8) is 0 Å². The zero-order valence-corrected chi connectivity index (χ0v) is 8.96. The van der Waals surface area contributed by atoms with Crippen LogP contribution in [0.1, 0.15) is 12.8 Å². The molecule has 16 heavy (non-hydrogen) atoms. The summed E-state index contributed by atoms with van der Waals surface area (Å²) >= 11 is 0. The summed E-state index contributed by atoms with van der Waals surface area (Å²) in [5.41, 5.74) is -0.131. The zero-order chi connectivity index (χ0) is 11.8. The van der Waals surface area contributed by atoms with Crippen LogP contribution in [0.25, 0.3) is 0 Å². The second-order valence-electron chi connectivity index (χ2n) is 4.79. The van der Waals surface area contributed by atoms with Gasteiger partial charge >= 0.3 is 6.18 Å². The number of hydrogen-bond donors (Lipinski definition) is 1. The highest BCUT2D eigenvalue weighted by molar-refractivity contribution is 4.96. The Kier molecular flexibility index (Phi) is 3.16. The van der Waals surface area contributed by atoms with Gasteiger partial charge < -0.3 is 9.84 Å². The Labute approximate surface area is 92.2 Å². The monoisotopic (exact) mass is 239 g/mol. The largest absolute Gasteiger partial charge is 0.415 e. The number of morpholine rings is 1. The van der Waals surface area contributed by atoms with Gasteiger partial charge in [0.1, 0.15) is 0 Å². The van der Waals surface area contributed by atoms with E-state index in [1.54, 1.807) is 4.90 Å². The molecule has 1 atom stereocenters. The smallest absolute Gasteiger partial charge is 0.396 e. The van der Waals surface area contributed by atoms with E-state index in [0.717, 1.165) is 12.8 Å². The third-order valence-corrected chi connectivity index (χ3v) is 3.37. The lowest BCUT2D eigenvalue weighted by Gasteiger charge is -2.35. The van der Waals surface area contributed by atoms with Crippen molar-refractivity contribution in [1.29, 1.82) is 0 Å². The molecular formula is C10H16F3NO2. The molecule has 2 aliphatic rings. The quantitative estimate of drug-likeness (QED) is 0.798. The Balaban J connectivity index is 1.87. The van der Waals surface area contributed by atoms with Crippen molar-refractivity contribution in [3.8, 4) is 0 Å². The van der Waals surface area contributed by atoms with Crippen LogP contribution in [0.3, 0.4) is 0 Å². The molecule has 0 aromatic carbocycles. The first-order valence-corrected chi connectivity index (χ1v) is 5.47. The normalized spacial score (nSPS) is 30.4. The first-order valence-electron chi connectivity index (χ1n) is 5.47. The Bertz CT molecular complexity index is 253. The predicted octanol–water partition coefficient (Wildman–Crippen LogP) is 1.02. The molecule has 2 rings (SSSR count). The lowest BCUT2D eigenvalue weighted by atomic mass is 10.1. The van der Waals surface area contributed by atoms with E-state index in [1.165, 1.54) is 0 Å². The van der Waals surface area contributed by atoms with Crippen LogP contribution in [0.5, 0.6) is 0 Å². The molecular weight excluding hydrogens is 223 g/mol. The van der Waals surface area contributed by atoms with Gasteiger partial charge in [-0.3, -0.25) is 4.90 Å². The molecule has 6 heteroatoms. The summed E-state index contributed by atoms with van der Waals surface area (Å²) in [5, 5.41) is 9.13. The number of aliphatic hydroxyl groups excluding tert-OH is 1. The molecule has 0 spiro atoms. The van der Waals surface area contributed by atoms with Crippen molar-refractivity contribution in [2.75, 3.05) is 32.8 Å². The molecule has 0 amide bonds. The third kappa shape index (κ3) is 2.67. The van der Waals surface area contributed by atoms with E-state index in [4.69, 9.17) is 9.84 Å². The fraction of sp³-hybridized carbons (Fsp3) is 1.00. The third-order valence-electron chi connectivity index (χ3n) is 3.37. The fourth-order valence-electron chi connectivity index (χ4n) is 2.06. The van der Waals surface area contributed by atoms with E-state index in [1.807, 2.05) is 0 Å². The van der Waals surface area contributed by atoms with Gasteiger partial charge in [0.15, 0.2) is 6.10 Å². The van der Waals surface area contributed by atoms with Gasteiger partial charge in [-0.1, -0.05) is 0 Å². The average Bonchev–Trinajstić information content (AvgIpc) is 2.98. The molecule has 94 valence electrons. The van der Waals surface area contributed by atoms with Gasteiger partial charge in [-0.15, -0.1) is 0 Å². The summed E-state index contributed by atoms with van der Waals surface area (Å²) in [5.74, 6) is 0. The van der Waals surface area contributed by atoms with Crippen LogP contribution in [0.2, 0.25) is 0 Å². The molecule has 1 aliphatic heterocycles. The van der Waals surface area contributed by atoms with Crippen molar-refractivity contribution in [3.05, 3.63) is 0 Å². The van der Waals surface area contributed by atoms with Crippen LogP contribution in [0.15, 0.2) is 0 Å². The zero-order valence-electron chi connectivity index (χ0n) is 8.96. The summed E-state index contributed by atoms with van der Waals surface area (Å²) < 4.78 is 42.0. The summed E-state index contributed by atoms with van der Waals surface area (Å²) in [4.78, 5) is 1.75. The molecule has 1 heterocycles. The van der Waals surface area contributed by atoms with Crippen LogP contribution in [-0.2, 0) is 4.74 Å². The standard InChI is InChI=1S/C10H16F3NO2/c11-10(12,13)8-5-14(3-4-16-8)6-9(7-15)1-2-9/h8,15H,1-7H2. The van der Waals surface area contributed by atoms with E-state index in [-0.39, 0.29) is 25.2 Å². The summed E-state index contributed by atoms with van der Waals surface area (Å²) in [6, 6.07) is 0. The van der Waals surface area contributed by atoms with Gasteiger partial charge in [0.05, 0.1) is 6.61 Å². The molecule has 3 nitrogen and oxygen atoms in total. The molecule has 0 radical (unpaired) electrons. The summed E-state index contributed by atoms with van der Waals surface area (Å²) in [6.07, 6.45) is -4.13. The summed E-state index contributed by atoms with van der Waals surface area (Å²) in [7, 11) is 0. The Morgan fingerprint density at radius 3 is 2.56 bits per heavy atom. The molecule has 1 aliphatic carbocycles. The molecule has 1 unspecified atom stereocenters. The number of nitrogens with zero attached hydrogens (tertiary/aromatic N) is 1. The molecule has 2 fully saturated rings. The van der Waals surface area contributed by atoms with Gasteiger partial charge in [0.25, 0.3) is 0 Å². The Morgan fingerprint density at radius 2 is 2.06 bits per heavy atom. The number of ether oxygens (including phenoxy) is 1. The van der Waals surface area contributed by atoms with Crippen molar-refractivity contribution in [2.45, 2.75) is 25.1 Å². The van der Waals surface area contributed by atoms with Crippen molar-refractivity contribution >= 4 is 0 Å². The van der Waals surface area contributed by atoms with Gasteiger partial charge in [0.2, 0.25) is 0 Å². The molecule has 1 saturated carbocycles. The molecule has 1 N–H and O–H groups in total. The van der Waals surface area contributed by atoms with Crippen LogP contribution in [0, 0.1) is 5.41 Å².